The molecule has 142 valence electrons. The first-order valence-electron chi connectivity index (χ1n) is 10.1. The topological polar surface area (TPSA) is 35.6 Å². The van der Waals surface area contributed by atoms with Gasteiger partial charge < -0.3 is 15.1 Å². The third-order valence-electron chi connectivity index (χ3n) is 5.80. The molecule has 1 aliphatic heterocycles. The van der Waals surface area contributed by atoms with Crippen LogP contribution in [0.5, 0.6) is 0 Å². The smallest absolute Gasteiger partial charge is 0.228 e. The van der Waals surface area contributed by atoms with Gasteiger partial charge in [-0.05, 0) is 73.7 Å². The molecule has 2 aromatic rings. The number of benzene rings is 2. The van der Waals surface area contributed by atoms with E-state index in [9.17, 15) is 4.79 Å². The van der Waals surface area contributed by atoms with Crippen molar-refractivity contribution in [2.24, 2.45) is 0 Å². The molecule has 4 rings (SSSR count). The lowest BCUT2D eigenvalue weighted by Crippen LogP contribution is -2.44. The molecule has 4 nitrogen and oxygen atoms in total. The number of hydrogen-bond donors (Lipinski definition) is 1. The van der Waals surface area contributed by atoms with E-state index in [0.29, 0.717) is 6.42 Å². The quantitative estimate of drug-likeness (QED) is 0.903. The summed E-state index contributed by atoms with van der Waals surface area (Å²) in [6.45, 7) is 4.31. The third kappa shape index (κ3) is 4.51. The number of likely N-dealkylation sites (N-methyl/N-ethyl adjacent to an activating group) is 1. The second-order valence-electron chi connectivity index (χ2n) is 7.87. The zero-order valence-electron chi connectivity index (χ0n) is 16.2. The normalized spacial score (nSPS) is 17.4. The Balaban J connectivity index is 1.34. The van der Waals surface area contributed by atoms with Gasteiger partial charge in [0.15, 0.2) is 0 Å². The lowest BCUT2D eigenvalue weighted by atomic mass is 9.90. The first-order valence-corrected chi connectivity index (χ1v) is 10.1. The van der Waals surface area contributed by atoms with Gasteiger partial charge in [0, 0.05) is 37.6 Å². The van der Waals surface area contributed by atoms with Crippen LogP contribution in [0, 0.1) is 0 Å². The highest BCUT2D eigenvalue weighted by Crippen LogP contribution is 2.23. The number of hydrogen-bond acceptors (Lipinski definition) is 3. The monoisotopic (exact) mass is 363 g/mol. The van der Waals surface area contributed by atoms with Crippen LogP contribution >= 0.6 is 0 Å². The Morgan fingerprint density at radius 2 is 1.63 bits per heavy atom. The number of nitrogens with zero attached hydrogens (tertiary/aromatic N) is 2. The SMILES string of the molecule is CN1CCN(c2ccc(NC(=O)Cc3ccc4c(c3)CCCC4)cc2)CC1. The van der Waals surface area contributed by atoms with Crippen LogP contribution in [-0.4, -0.2) is 44.0 Å². The highest BCUT2D eigenvalue weighted by molar-refractivity contribution is 5.92. The predicted octanol–water partition coefficient (Wildman–Crippen LogP) is 3.50. The van der Waals surface area contributed by atoms with Crippen molar-refractivity contribution < 1.29 is 4.79 Å². The zero-order valence-corrected chi connectivity index (χ0v) is 16.2. The van der Waals surface area contributed by atoms with E-state index in [4.69, 9.17) is 0 Å². The van der Waals surface area contributed by atoms with Gasteiger partial charge in [-0.1, -0.05) is 18.2 Å². The zero-order chi connectivity index (χ0) is 18.6. The van der Waals surface area contributed by atoms with E-state index >= 15 is 0 Å². The van der Waals surface area contributed by atoms with E-state index < -0.39 is 0 Å². The van der Waals surface area contributed by atoms with Gasteiger partial charge in [-0.2, -0.15) is 0 Å². The van der Waals surface area contributed by atoms with Gasteiger partial charge in [-0.25, -0.2) is 0 Å². The molecule has 0 aromatic heterocycles. The molecule has 1 fully saturated rings. The molecule has 0 radical (unpaired) electrons. The largest absolute Gasteiger partial charge is 0.369 e. The second kappa shape index (κ2) is 8.13. The summed E-state index contributed by atoms with van der Waals surface area (Å²) in [5.41, 5.74) is 6.11. The Morgan fingerprint density at radius 1 is 0.926 bits per heavy atom. The molecule has 1 heterocycles. The molecule has 27 heavy (non-hydrogen) atoms. The number of nitrogens with one attached hydrogen (secondary N) is 1. The molecule has 0 saturated carbocycles. The molecule has 0 spiro atoms. The Hall–Kier alpha value is -2.33. The van der Waals surface area contributed by atoms with Crippen molar-refractivity contribution in [3.63, 3.8) is 0 Å². The molecule has 2 aliphatic rings. The Kier molecular flexibility index (Phi) is 5.44. The number of fused-ring (bicyclic) bond motifs is 1. The van der Waals surface area contributed by atoms with Crippen LogP contribution in [-0.2, 0) is 24.1 Å². The van der Waals surface area contributed by atoms with Crippen molar-refractivity contribution in [2.75, 3.05) is 43.4 Å². The molecular weight excluding hydrogens is 334 g/mol. The number of amides is 1. The molecule has 1 saturated heterocycles. The second-order valence-corrected chi connectivity index (χ2v) is 7.87. The molecule has 4 heteroatoms. The minimum absolute atomic E-state index is 0.0538. The van der Waals surface area contributed by atoms with Gasteiger partial charge >= 0.3 is 0 Å². The van der Waals surface area contributed by atoms with E-state index in [1.165, 1.54) is 36.1 Å². The van der Waals surface area contributed by atoms with Crippen molar-refractivity contribution in [3.05, 3.63) is 59.2 Å². The fourth-order valence-electron chi connectivity index (χ4n) is 4.11. The van der Waals surface area contributed by atoms with Crippen molar-refractivity contribution in [3.8, 4) is 0 Å². The summed E-state index contributed by atoms with van der Waals surface area (Å²) in [4.78, 5) is 17.2. The number of rotatable bonds is 4. The van der Waals surface area contributed by atoms with Crippen LogP contribution in [0.2, 0.25) is 0 Å². The third-order valence-corrected chi connectivity index (χ3v) is 5.80. The van der Waals surface area contributed by atoms with E-state index in [1.54, 1.807) is 0 Å². The summed E-state index contributed by atoms with van der Waals surface area (Å²) in [6, 6.07) is 14.8. The van der Waals surface area contributed by atoms with Crippen LogP contribution in [0.25, 0.3) is 0 Å². The Labute approximate surface area is 162 Å². The maximum absolute atomic E-state index is 12.4. The minimum Gasteiger partial charge on any atom is -0.369 e. The van der Waals surface area contributed by atoms with E-state index in [2.05, 4.69) is 52.5 Å². The average molecular weight is 364 g/mol. The number of anilines is 2. The first kappa shape index (κ1) is 18.1. The number of aryl methyl sites for hydroxylation is 2. The maximum Gasteiger partial charge on any atom is 0.228 e. The van der Waals surface area contributed by atoms with E-state index in [1.807, 2.05) is 12.1 Å². The lowest BCUT2D eigenvalue weighted by Gasteiger charge is -2.34. The molecule has 1 aliphatic carbocycles. The van der Waals surface area contributed by atoms with Gasteiger partial charge in [-0.15, -0.1) is 0 Å². The van der Waals surface area contributed by atoms with Gasteiger partial charge in [0.1, 0.15) is 0 Å². The van der Waals surface area contributed by atoms with Gasteiger partial charge in [0.2, 0.25) is 5.91 Å². The number of piperazine rings is 1. The molecule has 2 aromatic carbocycles. The van der Waals surface area contributed by atoms with Gasteiger partial charge in [0.05, 0.1) is 6.42 Å². The number of carbonyl (C=O) groups is 1. The van der Waals surface area contributed by atoms with Gasteiger partial charge in [0.25, 0.3) is 0 Å². The van der Waals surface area contributed by atoms with Crippen molar-refractivity contribution in [2.45, 2.75) is 32.1 Å². The highest BCUT2D eigenvalue weighted by Gasteiger charge is 2.14. The van der Waals surface area contributed by atoms with E-state index in [0.717, 1.165) is 43.9 Å². The lowest BCUT2D eigenvalue weighted by molar-refractivity contribution is -0.115. The summed E-state index contributed by atoms with van der Waals surface area (Å²) >= 11 is 0. The van der Waals surface area contributed by atoms with Crippen LogP contribution in [0.1, 0.15) is 29.5 Å². The molecule has 0 atom stereocenters. The fraction of sp³-hybridized carbons (Fsp3) is 0.435. The summed E-state index contributed by atoms with van der Waals surface area (Å²) in [5, 5.41) is 3.04. The molecule has 1 N–H and O–H groups in total. The predicted molar refractivity (Wildman–Crippen MR) is 112 cm³/mol. The standard InChI is InChI=1S/C23H29N3O/c1-25-12-14-26(15-13-25)22-10-8-21(9-11-22)24-23(27)17-18-6-7-19-4-2-3-5-20(19)16-18/h6-11,16H,2-5,12-15,17H2,1H3,(H,24,27). The van der Waals surface area contributed by atoms with E-state index in [-0.39, 0.29) is 5.91 Å². The average Bonchev–Trinajstić information content (AvgIpc) is 2.69. The molecule has 1 amide bonds. The maximum atomic E-state index is 12.4. The summed E-state index contributed by atoms with van der Waals surface area (Å²) in [5.74, 6) is 0.0538. The summed E-state index contributed by atoms with van der Waals surface area (Å²) in [7, 11) is 2.17. The van der Waals surface area contributed by atoms with Crippen LogP contribution in [0.15, 0.2) is 42.5 Å². The van der Waals surface area contributed by atoms with Crippen molar-refractivity contribution in [1.29, 1.82) is 0 Å². The van der Waals surface area contributed by atoms with Crippen LogP contribution in [0.4, 0.5) is 11.4 Å². The number of carbonyl (C=O) groups excluding carboxylic acids is 1. The minimum atomic E-state index is 0.0538. The molecule has 0 bridgehead atoms. The van der Waals surface area contributed by atoms with Crippen LogP contribution < -0.4 is 10.2 Å². The van der Waals surface area contributed by atoms with Crippen molar-refractivity contribution in [1.82, 2.24) is 4.90 Å². The van der Waals surface area contributed by atoms with Gasteiger partial charge in [-0.3, -0.25) is 4.79 Å². The highest BCUT2D eigenvalue weighted by atomic mass is 16.1. The Bertz CT molecular complexity index is 792. The summed E-state index contributed by atoms with van der Waals surface area (Å²) < 4.78 is 0. The van der Waals surface area contributed by atoms with Crippen molar-refractivity contribution >= 4 is 17.3 Å². The summed E-state index contributed by atoms with van der Waals surface area (Å²) in [6.07, 6.45) is 5.33. The molecular formula is C23H29N3O. The Morgan fingerprint density at radius 3 is 2.37 bits per heavy atom. The van der Waals surface area contributed by atoms with Crippen LogP contribution in [0.3, 0.4) is 0 Å². The first-order chi connectivity index (χ1) is 13.2. The molecule has 0 unspecified atom stereocenters. The fourth-order valence-corrected chi connectivity index (χ4v) is 4.11.